The van der Waals surface area contributed by atoms with Crippen molar-refractivity contribution in [3.05, 3.63) is 77.6 Å². The quantitative estimate of drug-likeness (QED) is 0.335. The maximum Gasteiger partial charge on any atom is 0.416 e. The molecular formula is C24H21F3N4O6. The first kappa shape index (κ1) is 26.8. The second kappa shape index (κ2) is 11.7. The Balaban J connectivity index is 1.61. The van der Waals surface area contributed by atoms with Gasteiger partial charge in [-0.15, -0.1) is 0 Å². The molecule has 0 atom stereocenters. The number of amides is 3. The first-order valence-electron chi connectivity index (χ1n) is 10.6. The van der Waals surface area contributed by atoms with Gasteiger partial charge in [0.25, 0.3) is 5.91 Å². The second-order valence-electron chi connectivity index (χ2n) is 7.40. The Kier molecular flexibility index (Phi) is 8.51. The van der Waals surface area contributed by atoms with Crippen molar-refractivity contribution in [2.24, 2.45) is 0 Å². The molecule has 0 unspecified atom stereocenters. The zero-order valence-electron chi connectivity index (χ0n) is 19.3. The minimum atomic E-state index is -4.68. The molecule has 0 fully saturated rings. The number of aromatic nitrogens is 1. The molecule has 10 nitrogen and oxygen atoms in total. The van der Waals surface area contributed by atoms with Gasteiger partial charge in [-0.25, -0.2) is 9.59 Å². The number of urea groups is 1. The van der Waals surface area contributed by atoms with E-state index in [4.69, 9.17) is 14.6 Å². The van der Waals surface area contributed by atoms with Crippen molar-refractivity contribution in [1.82, 2.24) is 15.6 Å². The summed E-state index contributed by atoms with van der Waals surface area (Å²) in [6.45, 7) is -0.783. The van der Waals surface area contributed by atoms with Gasteiger partial charge in [0.15, 0.2) is 6.61 Å². The van der Waals surface area contributed by atoms with Crippen LogP contribution in [-0.2, 0) is 17.5 Å². The van der Waals surface area contributed by atoms with Crippen molar-refractivity contribution in [3.8, 4) is 17.2 Å². The number of aliphatic carboxylic acids is 1. The highest BCUT2D eigenvalue weighted by Crippen LogP contribution is 2.35. The lowest BCUT2D eigenvalue weighted by Crippen LogP contribution is -2.28. The van der Waals surface area contributed by atoms with Gasteiger partial charge in [-0.05, 0) is 42.0 Å². The van der Waals surface area contributed by atoms with E-state index in [1.54, 1.807) is 30.3 Å². The lowest BCUT2D eigenvalue weighted by molar-refractivity contribution is -0.139. The lowest BCUT2D eigenvalue weighted by atomic mass is 10.1. The number of nitrogens with zero attached hydrogens (tertiary/aromatic N) is 1. The Morgan fingerprint density at radius 2 is 1.73 bits per heavy atom. The summed E-state index contributed by atoms with van der Waals surface area (Å²) < 4.78 is 49.9. The van der Waals surface area contributed by atoms with Crippen LogP contribution in [0.2, 0.25) is 0 Å². The standard InChI is InChI=1S/C24H21F3N4O6/c1-28-22(34)19-11-17(8-9-29-19)37-16-5-2-14(3-6-16)12-30-23(35)31-18-10-15(24(25,26)27)4-7-20(18)36-13-21(32)33/h2-11H,12-13H2,1H3,(H,28,34)(H,32,33)(H2,30,31,35). The second-order valence-corrected chi connectivity index (χ2v) is 7.40. The highest BCUT2D eigenvalue weighted by Gasteiger charge is 2.31. The van der Waals surface area contributed by atoms with Crippen LogP contribution in [0.1, 0.15) is 21.6 Å². The van der Waals surface area contributed by atoms with Crippen LogP contribution in [0.4, 0.5) is 23.7 Å². The molecule has 0 saturated heterocycles. The highest BCUT2D eigenvalue weighted by molar-refractivity contribution is 5.92. The molecule has 0 saturated carbocycles. The topological polar surface area (TPSA) is 139 Å². The third-order valence-corrected chi connectivity index (χ3v) is 4.71. The molecule has 13 heteroatoms. The number of halogens is 3. The summed E-state index contributed by atoms with van der Waals surface area (Å²) in [4.78, 5) is 38.7. The van der Waals surface area contributed by atoms with Gasteiger partial charge >= 0.3 is 18.2 Å². The average molecular weight is 518 g/mol. The van der Waals surface area contributed by atoms with Gasteiger partial charge in [0.2, 0.25) is 0 Å². The van der Waals surface area contributed by atoms with Crippen molar-refractivity contribution >= 4 is 23.6 Å². The fourth-order valence-corrected chi connectivity index (χ4v) is 2.96. The predicted molar refractivity (Wildman–Crippen MR) is 125 cm³/mol. The SMILES string of the molecule is CNC(=O)c1cc(Oc2ccc(CNC(=O)Nc3cc(C(F)(F)F)ccc3OCC(=O)O)cc2)ccn1. The Morgan fingerprint density at radius 3 is 2.38 bits per heavy atom. The lowest BCUT2D eigenvalue weighted by Gasteiger charge is -2.15. The zero-order chi connectivity index (χ0) is 27.0. The molecule has 0 radical (unpaired) electrons. The number of hydrogen-bond acceptors (Lipinski definition) is 6. The van der Waals surface area contributed by atoms with Crippen LogP contribution in [0.5, 0.6) is 17.2 Å². The van der Waals surface area contributed by atoms with E-state index in [2.05, 4.69) is 20.9 Å². The van der Waals surface area contributed by atoms with Crippen LogP contribution in [0, 0.1) is 0 Å². The Labute approximate surface area is 208 Å². The molecule has 3 rings (SSSR count). The van der Waals surface area contributed by atoms with E-state index in [0.717, 1.165) is 12.1 Å². The van der Waals surface area contributed by atoms with Gasteiger partial charge in [0.05, 0.1) is 11.3 Å². The summed E-state index contributed by atoms with van der Waals surface area (Å²) in [5, 5.41) is 16.0. The van der Waals surface area contributed by atoms with Gasteiger partial charge < -0.3 is 30.5 Å². The third-order valence-electron chi connectivity index (χ3n) is 4.71. The van der Waals surface area contributed by atoms with Gasteiger partial charge in [0.1, 0.15) is 22.9 Å². The van der Waals surface area contributed by atoms with E-state index in [9.17, 15) is 27.6 Å². The average Bonchev–Trinajstić information content (AvgIpc) is 2.86. The number of pyridine rings is 1. The van der Waals surface area contributed by atoms with Crippen molar-refractivity contribution in [2.75, 3.05) is 19.0 Å². The molecule has 37 heavy (non-hydrogen) atoms. The van der Waals surface area contributed by atoms with Gasteiger partial charge in [-0.1, -0.05) is 12.1 Å². The largest absolute Gasteiger partial charge is 0.480 e. The number of carboxylic acids is 1. The van der Waals surface area contributed by atoms with Gasteiger partial charge in [-0.2, -0.15) is 13.2 Å². The minimum Gasteiger partial charge on any atom is -0.480 e. The van der Waals surface area contributed by atoms with E-state index in [0.29, 0.717) is 23.1 Å². The summed E-state index contributed by atoms with van der Waals surface area (Å²) >= 11 is 0. The van der Waals surface area contributed by atoms with Crippen molar-refractivity contribution in [2.45, 2.75) is 12.7 Å². The number of carbonyl (C=O) groups is 3. The Hall–Kier alpha value is -4.81. The zero-order valence-corrected chi connectivity index (χ0v) is 19.3. The molecule has 194 valence electrons. The number of carboxylic acid groups (broad SMARTS) is 1. The number of nitrogens with one attached hydrogen (secondary N) is 3. The molecule has 0 spiro atoms. The normalized spacial score (nSPS) is 10.8. The van der Waals surface area contributed by atoms with Crippen LogP contribution in [0.15, 0.2) is 60.8 Å². The molecular weight excluding hydrogens is 497 g/mol. The highest BCUT2D eigenvalue weighted by atomic mass is 19.4. The molecule has 4 N–H and O–H groups in total. The number of alkyl halides is 3. The maximum absolute atomic E-state index is 13.1. The van der Waals surface area contributed by atoms with E-state index in [-0.39, 0.29) is 29.6 Å². The molecule has 0 aliphatic heterocycles. The molecule has 3 amide bonds. The van der Waals surface area contributed by atoms with E-state index < -0.39 is 30.3 Å². The number of benzene rings is 2. The fourth-order valence-electron chi connectivity index (χ4n) is 2.96. The van der Waals surface area contributed by atoms with Gasteiger partial charge in [0, 0.05) is 25.9 Å². The number of ether oxygens (including phenoxy) is 2. The summed E-state index contributed by atoms with van der Waals surface area (Å²) in [7, 11) is 1.48. The predicted octanol–water partition coefficient (Wildman–Crippen LogP) is 4.04. The molecule has 3 aromatic rings. The molecule has 2 aromatic carbocycles. The summed E-state index contributed by atoms with van der Waals surface area (Å²) in [5.74, 6) is -1.09. The van der Waals surface area contributed by atoms with Crippen LogP contribution in [-0.4, -0.2) is 41.7 Å². The summed E-state index contributed by atoms with van der Waals surface area (Å²) in [6, 6.07) is 11.1. The monoisotopic (exact) mass is 518 g/mol. The van der Waals surface area contributed by atoms with Crippen molar-refractivity contribution in [1.29, 1.82) is 0 Å². The van der Waals surface area contributed by atoms with E-state index in [1.165, 1.54) is 19.3 Å². The molecule has 0 aliphatic carbocycles. The maximum atomic E-state index is 13.1. The number of carbonyl (C=O) groups excluding carboxylic acids is 2. The summed E-state index contributed by atoms with van der Waals surface area (Å²) in [6.07, 6.45) is -3.25. The van der Waals surface area contributed by atoms with Crippen molar-refractivity contribution in [3.63, 3.8) is 0 Å². The first-order chi connectivity index (χ1) is 17.5. The van der Waals surface area contributed by atoms with Crippen LogP contribution < -0.4 is 25.4 Å². The van der Waals surface area contributed by atoms with Crippen LogP contribution in [0.25, 0.3) is 0 Å². The molecule has 0 bridgehead atoms. The summed E-state index contributed by atoms with van der Waals surface area (Å²) in [5.41, 5.74) is -0.553. The van der Waals surface area contributed by atoms with E-state index >= 15 is 0 Å². The number of rotatable bonds is 9. The number of hydrogen-bond donors (Lipinski definition) is 4. The smallest absolute Gasteiger partial charge is 0.416 e. The molecule has 0 aliphatic rings. The van der Waals surface area contributed by atoms with Crippen LogP contribution in [0.3, 0.4) is 0 Å². The fraction of sp³-hybridized carbons (Fsp3) is 0.167. The Bertz CT molecular complexity index is 1280. The third kappa shape index (κ3) is 7.85. The minimum absolute atomic E-state index is 0.0203. The van der Waals surface area contributed by atoms with Crippen LogP contribution >= 0.6 is 0 Å². The Morgan fingerprint density at radius 1 is 1.00 bits per heavy atom. The van der Waals surface area contributed by atoms with Crippen molar-refractivity contribution < 1.29 is 42.1 Å². The molecule has 1 aromatic heterocycles. The van der Waals surface area contributed by atoms with Gasteiger partial charge in [-0.3, -0.25) is 9.78 Å². The number of anilines is 1. The molecule has 1 heterocycles. The van der Waals surface area contributed by atoms with E-state index in [1.807, 2.05) is 0 Å². The first-order valence-corrected chi connectivity index (χ1v) is 10.6.